The molecule has 0 saturated carbocycles. The Hall–Kier alpha value is -1.71. The molecule has 0 spiro atoms. The van der Waals surface area contributed by atoms with E-state index in [1.54, 1.807) is 6.26 Å². The molecule has 4 nitrogen and oxygen atoms in total. The van der Waals surface area contributed by atoms with Gasteiger partial charge in [-0.15, -0.1) is 0 Å². The zero-order chi connectivity index (χ0) is 9.97. The number of carbonyl (C=O) groups excluding carboxylic acids is 1. The van der Waals surface area contributed by atoms with Gasteiger partial charge in [-0.2, -0.15) is 0 Å². The minimum atomic E-state index is -0.359. The molecule has 1 fully saturated rings. The molecule has 4 heteroatoms. The molecule has 1 N–H and O–H groups in total. The molecule has 1 amide bonds. The molecule has 0 aliphatic carbocycles. The van der Waals surface area contributed by atoms with Crippen LogP contribution in [0.2, 0.25) is 0 Å². The fourth-order valence-corrected chi connectivity index (χ4v) is 1.33. The third-order valence-electron chi connectivity index (χ3n) is 2.10. The summed E-state index contributed by atoms with van der Waals surface area (Å²) in [6, 6.07) is 3.67. The maximum absolute atomic E-state index is 10.8. The van der Waals surface area contributed by atoms with E-state index in [0.29, 0.717) is 6.54 Å². The van der Waals surface area contributed by atoms with Gasteiger partial charge < -0.3 is 14.5 Å². The van der Waals surface area contributed by atoms with E-state index in [0.717, 1.165) is 11.3 Å². The predicted octanol–water partition coefficient (Wildman–Crippen LogP) is 1.79. The van der Waals surface area contributed by atoms with Crippen molar-refractivity contribution in [2.24, 2.45) is 0 Å². The highest BCUT2D eigenvalue weighted by Crippen LogP contribution is 2.15. The Morgan fingerprint density at radius 2 is 2.57 bits per heavy atom. The number of carbonyl (C=O) groups is 1. The first-order valence-electron chi connectivity index (χ1n) is 4.42. The molecule has 74 valence electrons. The summed E-state index contributed by atoms with van der Waals surface area (Å²) in [5.41, 5.74) is 0.971. The van der Waals surface area contributed by atoms with Crippen molar-refractivity contribution in [1.29, 1.82) is 0 Å². The number of hydrogen-bond donors (Lipinski definition) is 1. The SMILES string of the molecule is C/C(=C/c1ccco1)C1CNC(=O)O1. The Kier molecular flexibility index (Phi) is 2.26. The number of furan rings is 1. The van der Waals surface area contributed by atoms with E-state index in [2.05, 4.69) is 5.32 Å². The summed E-state index contributed by atoms with van der Waals surface area (Å²) < 4.78 is 10.2. The van der Waals surface area contributed by atoms with E-state index >= 15 is 0 Å². The van der Waals surface area contributed by atoms with Crippen molar-refractivity contribution in [2.45, 2.75) is 13.0 Å². The quantitative estimate of drug-likeness (QED) is 0.779. The Morgan fingerprint density at radius 1 is 1.71 bits per heavy atom. The van der Waals surface area contributed by atoms with Gasteiger partial charge >= 0.3 is 6.09 Å². The van der Waals surface area contributed by atoms with Gasteiger partial charge in [-0.25, -0.2) is 4.79 Å². The summed E-state index contributed by atoms with van der Waals surface area (Å²) in [5, 5.41) is 2.60. The van der Waals surface area contributed by atoms with Crippen LogP contribution < -0.4 is 5.32 Å². The predicted molar refractivity (Wildman–Crippen MR) is 50.6 cm³/mol. The molecule has 1 aliphatic rings. The summed E-state index contributed by atoms with van der Waals surface area (Å²) in [6.07, 6.45) is 2.94. The summed E-state index contributed by atoms with van der Waals surface area (Å²) in [6.45, 7) is 2.44. The van der Waals surface area contributed by atoms with Gasteiger partial charge in [0.25, 0.3) is 0 Å². The standard InChI is InChI=1S/C10H11NO3/c1-7(5-8-3-2-4-13-8)9-6-11-10(12)14-9/h2-5,9H,6H2,1H3,(H,11,12)/b7-5-. The maximum Gasteiger partial charge on any atom is 0.407 e. The van der Waals surface area contributed by atoms with Crippen molar-refractivity contribution in [1.82, 2.24) is 5.32 Å². The zero-order valence-electron chi connectivity index (χ0n) is 7.82. The van der Waals surface area contributed by atoms with Gasteiger partial charge in [0.15, 0.2) is 0 Å². The van der Waals surface area contributed by atoms with Crippen LogP contribution >= 0.6 is 0 Å². The van der Waals surface area contributed by atoms with Gasteiger partial charge in [0, 0.05) is 0 Å². The lowest BCUT2D eigenvalue weighted by Gasteiger charge is -2.06. The lowest BCUT2D eigenvalue weighted by Crippen LogP contribution is -2.15. The molecule has 1 atom stereocenters. The molecule has 0 bridgehead atoms. The third-order valence-corrected chi connectivity index (χ3v) is 2.10. The molecule has 1 aromatic rings. The van der Waals surface area contributed by atoms with Gasteiger partial charge in [-0.3, -0.25) is 0 Å². The van der Waals surface area contributed by atoms with Crippen LogP contribution in [0.25, 0.3) is 6.08 Å². The second-order valence-electron chi connectivity index (χ2n) is 3.18. The smallest absolute Gasteiger partial charge is 0.407 e. The molecular weight excluding hydrogens is 182 g/mol. The molecular formula is C10H11NO3. The maximum atomic E-state index is 10.8. The van der Waals surface area contributed by atoms with Gasteiger partial charge in [-0.1, -0.05) is 0 Å². The highest BCUT2D eigenvalue weighted by atomic mass is 16.6. The number of alkyl carbamates (subject to hydrolysis) is 1. The molecule has 1 aliphatic heterocycles. The van der Waals surface area contributed by atoms with E-state index < -0.39 is 0 Å². The van der Waals surface area contributed by atoms with Crippen molar-refractivity contribution >= 4 is 12.2 Å². The van der Waals surface area contributed by atoms with Crippen LogP contribution in [-0.2, 0) is 4.74 Å². The number of cyclic esters (lactones) is 1. The fourth-order valence-electron chi connectivity index (χ4n) is 1.33. The second kappa shape index (κ2) is 3.57. The largest absolute Gasteiger partial charge is 0.465 e. The van der Waals surface area contributed by atoms with Crippen LogP contribution in [0.3, 0.4) is 0 Å². The Bertz CT molecular complexity index is 353. The van der Waals surface area contributed by atoms with Crippen LogP contribution in [-0.4, -0.2) is 18.7 Å². The van der Waals surface area contributed by atoms with E-state index in [1.807, 2.05) is 25.1 Å². The van der Waals surface area contributed by atoms with Crippen molar-refractivity contribution < 1.29 is 13.9 Å². The highest BCUT2D eigenvalue weighted by Gasteiger charge is 2.23. The molecule has 0 radical (unpaired) electrons. The van der Waals surface area contributed by atoms with Crippen molar-refractivity contribution in [2.75, 3.05) is 6.54 Å². The lowest BCUT2D eigenvalue weighted by molar-refractivity contribution is 0.154. The first-order valence-corrected chi connectivity index (χ1v) is 4.42. The van der Waals surface area contributed by atoms with E-state index in [-0.39, 0.29) is 12.2 Å². The van der Waals surface area contributed by atoms with E-state index in [4.69, 9.17) is 9.15 Å². The average molecular weight is 193 g/mol. The van der Waals surface area contributed by atoms with Crippen LogP contribution in [0.4, 0.5) is 4.79 Å². The lowest BCUT2D eigenvalue weighted by atomic mass is 10.1. The highest BCUT2D eigenvalue weighted by molar-refractivity contribution is 5.70. The van der Waals surface area contributed by atoms with E-state index in [1.165, 1.54) is 0 Å². The number of hydrogen-bond acceptors (Lipinski definition) is 3. The second-order valence-corrected chi connectivity index (χ2v) is 3.18. The summed E-state index contributed by atoms with van der Waals surface area (Å²) in [4.78, 5) is 10.8. The molecule has 2 heterocycles. The minimum Gasteiger partial charge on any atom is -0.465 e. The normalized spacial score (nSPS) is 21.9. The first-order chi connectivity index (χ1) is 6.75. The molecule has 1 saturated heterocycles. The number of amides is 1. The molecule has 14 heavy (non-hydrogen) atoms. The summed E-state index contributed by atoms with van der Waals surface area (Å²) in [5.74, 6) is 0.769. The van der Waals surface area contributed by atoms with Gasteiger partial charge in [0.2, 0.25) is 0 Å². The molecule has 1 unspecified atom stereocenters. The number of rotatable bonds is 2. The number of nitrogens with one attached hydrogen (secondary N) is 1. The van der Waals surface area contributed by atoms with Crippen LogP contribution in [0.15, 0.2) is 28.4 Å². The fraction of sp³-hybridized carbons (Fsp3) is 0.300. The van der Waals surface area contributed by atoms with Crippen LogP contribution in [0, 0.1) is 0 Å². The summed E-state index contributed by atoms with van der Waals surface area (Å²) >= 11 is 0. The Morgan fingerprint density at radius 3 is 3.14 bits per heavy atom. The van der Waals surface area contributed by atoms with Crippen LogP contribution in [0.5, 0.6) is 0 Å². The van der Waals surface area contributed by atoms with Gasteiger partial charge in [-0.05, 0) is 30.7 Å². The zero-order valence-corrected chi connectivity index (χ0v) is 7.82. The topological polar surface area (TPSA) is 51.5 Å². The van der Waals surface area contributed by atoms with Gasteiger partial charge in [0.05, 0.1) is 12.8 Å². The Balaban J connectivity index is 2.08. The summed E-state index contributed by atoms with van der Waals surface area (Å²) in [7, 11) is 0. The minimum absolute atomic E-state index is 0.174. The van der Waals surface area contributed by atoms with Crippen molar-refractivity contribution in [3.05, 3.63) is 29.7 Å². The number of ether oxygens (including phenoxy) is 1. The molecule has 0 aromatic carbocycles. The van der Waals surface area contributed by atoms with Crippen LogP contribution in [0.1, 0.15) is 12.7 Å². The van der Waals surface area contributed by atoms with Crippen molar-refractivity contribution in [3.8, 4) is 0 Å². The Labute approximate surface area is 81.5 Å². The molecule has 1 aromatic heterocycles. The monoisotopic (exact) mass is 193 g/mol. The third kappa shape index (κ3) is 1.79. The first kappa shape index (κ1) is 8.87. The average Bonchev–Trinajstić information content (AvgIpc) is 2.75. The van der Waals surface area contributed by atoms with Gasteiger partial charge in [0.1, 0.15) is 11.9 Å². The van der Waals surface area contributed by atoms with E-state index in [9.17, 15) is 4.79 Å². The molecule has 2 rings (SSSR count). The van der Waals surface area contributed by atoms with Crippen molar-refractivity contribution in [3.63, 3.8) is 0 Å².